The first-order valence-electron chi connectivity index (χ1n) is 14.5. The molecule has 3 aromatic rings. The molecule has 2 aliphatic rings. The summed E-state index contributed by atoms with van der Waals surface area (Å²) in [6, 6.07) is 9.85. The van der Waals surface area contributed by atoms with Crippen molar-refractivity contribution in [2.24, 2.45) is 5.92 Å². The lowest BCUT2D eigenvalue weighted by atomic mass is 9.83. The van der Waals surface area contributed by atoms with Crippen LogP contribution in [0.25, 0.3) is 0 Å². The first-order valence-corrected chi connectivity index (χ1v) is 14.5. The van der Waals surface area contributed by atoms with Crippen LogP contribution in [0, 0.1) is 12.8 Å². The molecule has 5 rings (SSSR count). The number of methoxy groups -OCH3 is 3. The van der Waals surface area contributed by atoms with Gasteiger partial charge in [0.25, 0.3) is 5.56 Å². The van der Waals surface area contributed by atoms with E-state index in [9.17, 15) is 24.3 Å². The molecule has 234 valence electrons. The Morgan fingerprint density at radius 3 is 2.52 bits per heavy atom. The predicted molar refractivity (Wildman–Crippen MR) is 160 cm³/mol. The Morgan fingerprint density at radius 1 is 1.05 bits per heavy atom. The fourth-order valence-corrected chi connectivity index (χ4v) is 6.52. The quantitative estimate of drug-likeness (QED) is 0.355. The number of fused-ring (bicyclic) bond motifs is 4. The molecule has 2 N–H and O–H groups in total. The molecule has 44 heavy (non-hydrogen) atoms. The molecule has 12 nitrogen and oxygen atoms in total. The van der Waals surface area contributed by atoms with Crippen molar-refractivity contribution in [1.82, 2.24) is 14.8 Å². The molecular formula is C32H37N3O9. The van der Waals surface area contributed by atoms with Crippen LogP contribution in [0.2, 0.25) is 0 Å². The number of nitrogens with one attached hydrogen (secondary N) is 1. The molecule has 12 heteroatoms. The van der Waals surface area contributed by atoms with Crippen molar-refractivity contribution in [3.63, 3.8) is 0 Å². The molecule has 2 aliphatic heterocycles. The highest BCUT2D eigenvalue weighted by Gasteiger charge is 2.36. The van der Waals surface area contributed by atoms with Crippen LogP contribution >= 0.6 is 0 Å². The summed E-state index contributed by atoms with van der Waals surface area (Å²) in [6.45, 7) is 3.30. The Bertz CT molecular complexity index is 1680. The lowest BCUT2D eigenvalue weighted by Gasteiger charge is -2.42. The molecule has 1 aromatic carbocycles. The smallest absolute Gasteiger partial charge is 0.343 e. The van der Waals surface area contributed by atoms with Crippen molar-refractivity contribution in [2.75, 3.05) is 41.0 Å². The molecule has 0 saturated carbocycles. The fourth-order valence-electron chi connectivity index (χ4n) is 6.52. The molecule has 0 radical (unpaired) electrons. The van der Waals surface area contributed by atoms with Gasteiger partial charge in [-0.05, 0) is 31.4 Å². The van der Waals surface area contributed by atoms with E-state index in [4.69, 9.17) is 18.6 Å². The second kappa shape index (κ2) is 12.9. The third-order valence-corrected chi connectivity index (χ3v) is 8.43. The summed E-state index contributed by atoms with van der Waals surface area (Å²) in [5.41, 5.74) is 0.459. The van der Waals surface area contributed by atoms with Crippen LogP contribution < -0.4 is 30.7 Å². The van der Waals surface area contributed by atoms with Crippen LogP contribution in [0.15, 0.2) is 50.4 Å². The molecular weight excluding hydrogens is 570 g/mol. The Labute approximate surface area is 254 Å². The summed E-state index contributed by atoms with van der Waals surface area (Å²) in [5, 5.41) is 13.6. The number of ether oxygens (including phenoxy) is 3. The summed E-state index contributed by atoms with van der Waals surface area (Å²) >= 11 is 0. The summed E-state index contributed by atoms with van der Waals surface area (Å²) in [4.78, 5) is 53.5. The minimum atomic E-state index is -0.970. The van der Waals surface area contributed by atoms with Crippen molar-refractivity contribution in [3.8, 4) is 23.0 Å². The van der Waals surface area contributed by atoms with Gasteiger partial charge in [-0.2, -0.15) is 0 Å². The number of carbonyl (C=O) groups is 2. The molecule has 2 bridgehead atoms. The predicted octanol–water partition coefficient (Wildman–Crippen LogP) is 2.52. The van der Waals surface area contributed by atoms with Crippen molar-refractivity contribution in [2.45, 2.75) is 44.6 Å². The Balaban J connectivity index is 1.30. The van der Waals surface area contributed by atoms with Crippen molar-refractivity contribution >= 4 is 11.8 Å². The Morgan fingerprint density at radius 2 is 1.82 bits per heavy atom. The van der Waals surface area contributed by atoms with Crippen LogP contribution in [0.5, 0.6) is 23.0 Å². The number of hydrogen-bond acceptors (Lipinski definition) is 9. The molecule has 4 heterocycles. The summed E-state index contributed by atoms with van der Waals surface area (Å²) in [6.07, 6.45) is 0.778. The number of aromatic nitrogens is 1. The van der Waals surface area contributed by atoms with Gasteiger partial charge in [0, 0.05) is 74.2 Å². The van der Waals surface area contributed by atoms with Gasteiger partial charge in [-0.1, -0.05) is 12.1 Å². The van der Waals surface area contributed by atoms with Gasteiger partial charge < -0.3 is 38.5 Å². The number of hydrogen-bond donors (Lipinski definition) is 2. The molecule has 1 fully saturated rings. The minimum absolute atomic E-state index is 0.0135. The van der Waals surface area contributed by atoms with E-state index in [-0.39, 0.29) is 71.3 Å². The van der Waals surface area contributed by atoms with E-state index in [2.05, 4.69) is 5.32 Å². The Kier molecular flexibility index (Phi) is 8.98. The molecule has 1 unspecified atom stereocenters. The maximum atomic E-state index is 13.3. The van der Waals surface area contributed by atoms with Crippen LogP contribution in [-0.4, -0.2) is 67.4 Å². The van der Waals surface area contributed by atoms with Crippen LogP contribution in [-0.2, 0) is 16.1 Å². The highest BCUT2D eigenvalue weighted by molar-refractivity contribution is 5.80. The number of piperidine rings is 1. The van der Waals surface area contributed by atoms with Crippen molar-refractivity contribution in [1.29, 1.82) is 0 Å². The number of pyridine rings is 1. The monoisotopic (exact) mass is 607 g/mol. The Hall–Kier alpha value is -4.74. The molecule has 1 saturated heterocycles. The number of amides is 2. The second-order valence-corrected chi connectivity index (χ2v) is 11.2. The standard InChI is InChI=1S/C32H37N3O9/c1-18-12-24(36)29(32(40)44-18)22(21-8-9-25(41-2)31(43-4)30(21)42-3)14-26(37)33-11-10-27(38)34-15-19-13-20(17-34)23-6-5-7-28(39)35(23)16-19/h5-9,12,19-20,22,36H,10-11,13-17H2,1-4H3,(H,33,37)/t19-,20+,22?/m1/s1. The van der Waals surface area contributed by atoms with E-state index in [1.54, 1.807) is 24.3 Å². The number of rotatable bonds is 10. The van der Waals surface area contributed by atoms with E-state index in [1.165, 1.54) is 34.3 Å². The van der Waals surface area contributed by atoms with Gasteiger partial charge in [-0.15, -0.1) is 0 Å². The average Bonchev–Trinajstić information content (AvgIpc) is 2.99. The van der Waals surface area contributed by atoms with E-state index in [0.29, 0.717) is 30.9 Å². The van der Waals surface area contributed by atoms with Crippen LogP contribution in [0.1, 0.15) is 53.7 Å². The lowest BCUT2D eigenvalue weighted by Crippen LogP contribution is -2.49. The zero-order chi connectivity index (χ0) is 31.5. The number of benzene rings is 1. The highest BCUT2D eigenvalue weighted by Crippen LogP contribution is 2.46. The van der Waals surface area contributed by atoms with Crippen LogP contribution in [0.3, 0.4) is 0 Å². The van der Waals surface area contributed by atoms with E-state index < -0.39 is 17.5 Å². The third kappa shape index (κ3) is 6.01. The maximum Gasteiger partial charge on any atom is 0.343 e. The topological polar surface area (TPSA) is 150 Å². The van der Waals surface area contributed by atoms with Gasteiger partial charge in [0.1, 0.15) is 11.5 Å². The van der Waals surface area contributed by atoms with Gasteiger partial charge in [0.2, 0.25) is 17.6 Å². The van der Waals surface area contributed by atoms with Gasteiger partial charge >= 0.3 is 5.63 Å². The lowest BCUT2D eigenvalue weighted by molar-refractivity contribution is -0.134. The molecule has 3 atom stereocenters. The summed E-state index contributed by atoms with van der Waals surface area (Å²) in [7, 11) is 4.33. The van der Waals surface area contributed by atoms with Gasteiger partial charge in [-0.25, -0.2) is 4.79 Å². The third-order valence-electron chi connectivity index (χ3n) is 8.43. The van der Waals surface area contributed by atoms with Crippen LogP contribution in [0.4, 0.5) is 0 Å². The fraction of sp³-hybridized carbons (Fsp3) is 0.438. The normalized spacial score (nSPS) is 17.8. The largest absolute Gasteiger partial charge is 0.507 e. The second-order valence-electron chi connectivity index (χ2n) is 11.2. The highest BCUT2D eigenvalue weighted by atomic mass is 16.5. The molecule has 0 spiro atoms. The molecule has 2 aromatic heterocycles. The summed E-state index contributed by atoms with van der Waals surface area (Å²) in [5.74, 6) is -0.416. The number of aromatic hydroxyl groups is 1. The number of likely N-dealkylation sites (tertiary alicyclic amines) is 1. The van der Waals surface area contributed by atoms with E-state index in [0.717, 1.165) is 12.1 Å². The summed E-state index contributed by atoms with van der Waals surface area (Å²) < 4.78 is 23.6. The molecule has 2 amide bonds. The minimum Gasteiger partial charge on any atom is -0.507 e. The number of aryl methyl sites for hydroxylation is 1. The first kappa shape index (κ1) is 30.7. The van der Waals surface area contributed by atoms with Crippen molar-refractivity contribution < 1.29 is 33.3 Å². The zero-order valence-corrected chi connectivity index (χ0v) is 25.3. The van der Waals surface area contributed by atoms with Gasteiger partial charge in [-0.3, -0.25) is 14.4 Å². The number of carbonyl (C=O) groups excluding carboxylic acids is 2. The zero-order valence-electron chi connectivity index (χ0n) is 25.3. The maximum absolute atomic E-state index is 13.3. The van der Waals surface area contributed by atoms with Gasteiger partial charge in [0.15, 0.2) is 11.5 Å². The average molecular weight is 608 g/mol. The van der Waals surface area contributed by atoms with E-state index >= 15 is 0 Å². The number of nitrogens with zero attached hydrogens (tertiary/aromatic N) is 2. The van der Waals surface area contributed by atoms with E-state index in [1.807, 2.05) is 15.5 Å². The first-order chi connectivity index (χ1) is 21.1. The van der Waals surface area contributed by atoms with Gasteiger partial charge in [0.05, 0.1) is 26.9 Å². The SMILES string of the molecule is COc1ccc(C(CC(=O)NCCC(=O)N2C[C@H]3C[C@@H](C2)c2cccc(=O)n2C3)c2c(O)cc(C)oc2=O)c(OC)c1OC. The molecule has 0 aliphatic carbocycles. The van der Waals surface area contributed by atoms with Crippen molar-refractivity contribution in [3.05, 3.63) is 79.8 Å².